The Bertz CT molecular complexity index is 843. The number of aryl methyl sites for hydroxylation is 1. The third-order valence-corrected chi connectivity index (χ3v) is 3.05. The largest absolute Gasteiger partial charge is 0.420 e. The van der Waals surface area contributed by atoms with Gasteiger partial charge in [0.15, 0.2) is 5.58 Å². The smallest absolute Gasteiger partial charge is 0.408 e. The normalized spacial score (nSPS) is 10.9. The van der Waals surface area contributed by atoms with Crippen LogP contribution in [0.3, 0.4) is 0 Å². The molecule has 0 aliphatic carbocycles. The summed E-state index contributed by atoms with van der Waals surface area (Å²) in [6.45, 7) is 2.33. The van der Waals surface area contributed by atoms with Crippen molar-refractivity contribution in [2.45, 2.75) is 13.5 Å². The average Bonchev–Trinajstić information content (AvgIpc) is 3.03. The number of benzene rings is 1. The molecule has 0 atom stereocenters. The molecule has 0 saturated carbocycles. The first-order valence-corrected chi connectivity index (χ1v) is 6.45. The summed E-state index contributed by atoms with van der Waals surface area (Å²) < 4.78 is 11.4. The predicted molar refractivity (Wildman–Crippen MR) is 74.0 cm³/mol. The Balaban J connectivity index is 1.68. The lowest BCUT2D eigenvalue weighted by molar-refractivity contribution is 0.0915. The van der Waals surface area contributed by atoms with Crippen molar-refractivity contribution < 1.29 is 13.7 Å². The van der Waals surface area contributed by atoms with Crippen LogP contribution >= 0.6 is 0 Å². The maximum absolute atomic E-state index is 11.8. The zero-order valence-electron chi connectivity index (χ0n) is 11.3. The van der Waals surface area contributed by atoms with Crippen LogP contribution in [-0.2, 0) is 6.54 Å². The second-order valence-electron chi connectivity index (χ2n) is 4.58. The molecule has 0 spiro atoms. The number of aromatic nitrogens is 2. The average molecular weight is 287 g/mol. The topological polar surface area (TPSA) is 90.3 Å². The standard InChI is InChI=1S/C14H13N3O4/c1-9-8-12(21-16-9)13(18)15-6-7-17-10-4-2-3-5-11(10)20-14(17)19/h2-5,8H,6-7H2,1H3,(H,15,18). The molecule has 3 rings (SSSR count). The fourth-order valence-corrected chi connectivity index (χ4v) is 2.06. The zero-order valence-corrected chi connectivity index (χ0v) is 11.3. The summed E-state index contributed by atoms with van der Waals surface area (Å²) in [5, 5.41) is 6.31. The number of carbonyl (C=O) groups excluding carboxylic acids is 1. The van der Waals surface area contributed by atoms with E-state index in [9.17, 15) is 9.59 Å². The Labute approximate surface area is 119 Å². The highest BCUT2D eigenvalue weighted by Crippen LogP contribution is 2.11. The molecule has 21 heavy (non-hydrogen) atoms. The molecule has 0 fully saturated rings. The third kappa shape index (κ3) is 2.58. The van der Waals surface area contributed by atoms with Gasteiger partial charge < -0.3 is 14.3 Å². The molecule has 1 aromatic carbocycles. The van der Waals surface area contributed by atoms with Crippen molar-refractivity contribution in [1.29, 1.82) is 0 Å². The van der Waals surface area contributed by atoms with Gasteiger partial charge in [0.2, 0.25) is 5.76 Å². The first-order chi connectivity index (χ1) is 10.1. The molecule has 2 heterocycles. The molecule has 0 aliphatic rings. The highest BCUT2D eigenvalue weighted by Gasteiger charge is 2.12. The molecule has 0 unspecified atom stereocenters. The summed E-state index contributed by atoms with van der Waals surface area (Å²) in [6.07, 6.45) is 0. The SMILES string of the molecule is Cc1cc(C(=O)NCCn2c(=O)oc3ccccc32)on1. The summed E-state index contributed by atoms with van der Waals surface area (Å²) in [5.74, 6) is -0.658. The second kappa shape index (κ2) is 5.28. The lowest BCUT2D eigenvalue weighted by Crippen LogP contribution is -2.29. The van der Waals surface area contributed by atoms with E-state index in [-0.39, 0.29) is 18.2 Å². The van der Waals surface area contributed by atoms with E-state index in [0.29, 0.717) is 23.3 Å². The van der Waals surface area contributed by atoms with Gasteiger partial charge in [0.1, 0.15) is 0 Å². The molecule has 1 N–H and O–H groups in total. The van der Waals surface area contributed by atoms with Gasteiger partial charge in [0, 0.05) is 19.2 Å². The predicted octanol–water partition coefficient (Wildman–Crippen LogP) is 1.32. The minimum Gasteiger partial charge on any atom is -0.408 e. The number of carbonyl (C=O) groups is 1. The van der Waals surface area contributed by atoms with E-state index in [4.69, 9.17) is 8.94 Å². The van der Waals surface area contributed by atoms with Gasteiger partial charge in [-0.05, 0) is 19.1 Å². The van der Waals surface area contributed by atoms with Crippen LogP contribution in [0, 0.1) is 6.92 Å². The van der Waals surface area contributed by atoms with Gasteiger partial charge in [-0.25, -0.2) is 4.79 Å². The lowest BCUT2D eigenvalue weighted by Gasteiger charge is -2.03. The van der Waals surface area contributed by atoms with Crippen molar-refractivity contribution in [3.63, 3.8) is 0 Å². The van der Waals surface area contributed by atoms with Gasteiger partial charge in [-0.1, -0.05) is 17.3 Å². The van der Waals surface area contributed by atoms with E-state index in [1.165, 1.54) is 4.57 Å². The lowest BCUT2D eigenvalue weighted by atomic mass is 10.3. The van der Waals surface area contributed by atoms with E-state index in [1.807, 2.05) is 6.07 Å². The fraction of sp³-hybridized carbons (Fsp3) is 0.214. The van der Waals surface area contributed by atoms with Crippen molar-refractivity contribution in [2.75, 3.05) is 6.54 Å². The molecule has 108 valence electrons. The molecule has 2 aromatic heterocycles. The number of hydrogen-bond acceptors (Lipinski definition) is 5. The highest BCUT2D eigenvalue weighted by molar-refractivity contribution is 5.91. The van der Waals surface area contributed by atoms with Crippen LogP contribution in [0.1, 0.15) is 16.2 Å². The van der Waals surface area contributed by atoms with Crippen LogP contribution in [0.15, 0.2) is 44.1 Å². The van der Waals surface area contributed by atoms with Gasteiger partial charge in [-0.2, -0.15) is 0 Å². The van der Waals surface area contributed by atoms with E-state index < -0.39 is 5.76 Å². The Morgan fingerprint density at radius 3 is 2.95 bits per heavy atom. The summed E-state index contributed by atoms with van der Waals surface area (Å²) in [4.78, 5) is 23.5. The number of nitrogens with zero attached hydrogens (tertiary/aromatic N) is 2. The fourth-order valence-electron chi connectivity index (χ4n) is 2.06. The number of oxazole rings is 1. The van der Waals surface area contributed by atoms with Crippen molar-refractivity contribution in [1.82, 2.24) is 15.0 Å². The Kier molecular flexibility index (Phi) is 3.31. The van der Waals surface area contributed by atoms with Gasteiger partial charge in [0.25, 0.3) is 5.91 Å². The molecule has 0 radical (unpaired) electrons. The van der Waals surface area contributed by atoms with E-state index in [2.05, 4.69) is 10.5 Å². The molecule has 0 saturated heterocycles. The maximum Gasteiger partial charge on any atom is 0.420 e. The molecule has 0 bridgehead atoms. The van der Waals surface area contributed by atoms with Gasteiger partial charge in [0.05, 0.1) is 11.2 Å². The summed E-state index contributed by atoms with van der Waals surface area (Å²) in [5.41, 5.74) is 1.86. The summed E-state index contributed by atoms with van der Waals surface area (Å²) >= 11 is 0. The van der Waals surface area contributed by atoms with Gasteiger partial charge >= 0.3 is 5.76 Å². The van der Waals surface area contributed by atoms with Crippen LogP contribution in [0.5, 0.6) is 0 Å². The van der Waals surface area contributed by atoms with Crippen LogP contribution in [0.25, 0.3) is 11.1 Å². The third-order valence-electron chi connectivity index (χ3n) is 3.05. The number of hydrogen-bond donors (Lipinski definition) is 1. The van der Waals surface area contributed by atoms with Crippen LogP contribution < -0.4 is 11.1 Å². The van der Waals surface area contributed by atoms with Crippen molar-refractivity contribution >= 4 is 17.0 Å². The number of rotatable bonds is 4. The molecule has 3 aromatic rings. The van der Waals surface area contributed by atoms with E-state index in [0.717, 1.165) is 0 Å². The van der Waals surface area contributed by atoms with Crippen molar-refractivity contribution in [3.05, 3.63) is 52.3 Å². The van der Waals surface area contributed by atoms with Crippen molar-refractivity contribution in [3.8, 4) is 0 Å². The van der Waals surface area contributed by atoms with Crippen LogP contribution in [0.2, 0.25) is 0 Å². The molecular weight excluding hydrogens is 274 g/mol. The molecule has 0 aliphatic heterocycles. The Morgan fingerprint density at radius 2 is 2.19 bits per heavy atom. The summed E-state index contributed by atoms with van der Waals surface area (Å²) in [7, 11) is 0. The van der Waals surface area contributed by atoms with Gasteiger partial charge in [-0.3, -0.25) is 9.36 Å². The minimum atomic E-state index is -0.444. The number of fused-ring (bicyclic) bond motifs is 1. The first-order valence-electron chi connectivity index (χ1n) is 6.45. The number of nitrogens with one attached hydrogen (secondary N) is 1. The molecule has 1 amide bonds. The summed E-state index contributed by atoms with van der Waals surface area (Å²) in [6, 6.07) is 8.69. The van der Waals surface area contributed by atoms with Crippen LogP contribution in [-0.4, -0.2) is 22.2 Å². The van der Waals surface area contributed by atoms with Crippen LogP contribution in [0.4, 0.5) is 0 Å². The monoisotopic (exact) mass is 287 g/mol. The number of amides is 1. The minimum absolute atomic E-state index is 0.150. The first kappa shape index (κ1) is 13.2. The maximum atomic E-state index is 11.8. The molecule has 7 heteroatoms. The Hall–Kier alpha value is -2.83. The van der Waals surface area contributed by atoms with Crippen molar-refractivity contribution in [2.24, 2.45) is 0 Å². The second-order valence-corrected chi connectivity index (χ2v) is 4.58. The van der Waals surface area contributed by atoms with E-state index >= 15 is 0 Å². The quantitative estimate of drug-likeness (QED) is 0.781. The van der Waals surface area contributed by atoms with Gasteiger partial charge in [-0.15, -0.1) is 0 Å². The number of para-hydroxylation sites is 2. The zero-order chi connectivity index (χ0) is 14.8. The Morgan fingerprint density at radius 1 is 1.38 bits per heavy atom. The van der Waals surface area contributed by atoms with E-state index in [1.54, 1.807) is 31.2 Å². The molecular formula is C14H13N3O4. The molecule has 7 nitrogen and oxygen atoms in total. The highest BCUT2D eigenvalue weighted by atomic mass is 16.5.